The van der Waals surface area contributed by atoms with Gasteiger partial charge in [-0.1, -0.05) is 24.3 Å². The summed E-state index contributed by atoms with van der Waals surface area (Å²) in [5, 5.41) is 0. The topological polar surface area (TPSA) is 87.0 Å². The summed E-state index contributed by atoms with van der Waals surface area (Å²) in [6, 6.07) is 13.7. The predicted molar refractivity (Wildman–Crippen MR) is 88.8 cm³/mol. The number of ether oxygens (including phenoxy) is 1. The fourth-order valence-electron chi connectivity index (χ4n) is 1.72. The number of nitrogens with zero attached hydrogens (tertiary/aromatic N) is 2. The van der Waals surface area contributed by atoms with E-state index in [0.717, 1.165) is 6.07 Å². The molecular weight excluding hydrogens is 333 g/mol. The normalized spacial score (nSPS) is 10.5. The minimum absolute atomic E-state index is 0.0778. The molecule has 0 spiro atoms. The summed E-state index contributed by atoms with van der Waals surface area (Å²) in [6.07, 6.45) is -1.36. The summed E-state index contributed by atoms with van der Waals surface area (Å²) in [5.41, 5.74) is 10.9. The highest BCUT2D eigenvalue weighted by molar-refractivity contribution is 5.47. The molecule has 0 radical (unpaired) electrons. The van der Waals surface area contributed by atoms with E-state index in [0.29, 0.717) is 17.1 Å². The SMILES string of the molecule is FC(F)(F)c1cccc(Oc2ccccc2)n1.Nc1cncc(N)c1. The van der Waals surface area contributed by atoms with Gasteiger partial charge in [-0.3, -0.25) is 4.98 Å². The van der Waals surface area contributed by atoms with Crippen LogP contribution in [0.4, 0.5) is 24.5 Å². The molecule has 0 fully saturated rings. The van der Waals surface area contributed by atoms with Crippen molar-refractivity contribution in [3.8, 4) is 11.6 Å². The molecule has 25 heavy (non-hydrogen) atoms. The lowest BCUT2D eigenvalue weighted by Gasteiger charge is -2.08. The number of halogens is 3. The molecular formula is C17H15F3N4O. The van der Waals surface area contributed by atoms with E-state index < -0.39 is 11.9 Å². The number of nitrogen functional groups attached to an aromatic ring is 2. The molecule has 0 atom stereocenters. The molecule has 3 rings (SSSR count). The summed E-state index contributed by atoms with van der Waals surface area (Å²) in [7, 11) is 0. The smallest absolute Gasteiger partial charge is 0.433 e. The Morgan fingerprint density at radius 2 is 1.48 bits per heavy atom. The highest BCUT2D eigenvalue weighted by atomic mass is 19.4. The van der Waals surface area contributed by atoms with Crippen molar-refractivity contribution in [3.63, 3.8) is 0 Å². The molecule has 0 aliphatic heterocycles. The molecule has 0 bridgehead atoms. The molecule has 0 aliphatic rings. The van der Waals surface area contributed by atoms with Gasteiger partial charge in [0.25, 0.3) is 0 Å². The molecule has 130 valence electrons. The molecule has 0 amide bonds. The van der Waals surface area contributed by atoms with Crippen molar-refractivity contribution in [2.24, 2.45) is 0 Å². The van der Waals surface area contributed by atoms with Gasteiger partial charge in [-0.05, 0) is 24.3 Å². The number of hydrogen-bond donors (Lipinski definition) is 2. The molecule has 0 aliphatic carbocycles. The second kappa shape index (κ2) is 8.00. The third kappa shape index (κ3) is 6.02. The van der Waals surface area contributed by atoms with Crippen LogP contribution in [-0.2, 0) is 6.18 Å². The highest BCUT2D eigenvalue weighted by Gasteiger charge is 2.32. The summed E-state index contributed by atoms with van der Waals surface area (Å²) in [4.78, 5) is 7.13. The van der Waals surface area contributed by atoms with Gasteiger partial charge in [-0.25, -0.2) is 4.98 Å². The minimum atomic E-state index is -4.46. The monoisotopic (exact) mass is 348 g/mol. The van der Waals surface area contributed by atoms with Gasteiger partial charge in [0.15, 0.2) is 0 Å². The Morgan fingerprint density at radius 3 is 2.00 bits per heavy atom. The van der Waals surface area contributed by atoms with Gasteiger partial charge in [0.2, 0.25) is 5.88 Å². The van der Waals surface area contributed by atoms with Gasteiger partial charge in [0.05, 0.1) is 11.4 Å². The molecule has 1 aromatic carbocycles. The maximum atomic E-state index is 12.4. The Balaban J connectivity index is 0.000000236. The number of aromatic nitrogens is 2. The van der Waals surface area contributed by atoms with Crippen LogP contribution in [0.1, 0.15) is 5.69 Å². The zero-order valence-corrected chi connectivity index (χ0v) is 12.9. The first-order chi connectivity index (χ1) is 11.8. The van der Waals surface area contributed by atoms with Crippen LogP contribution in [0.2, 0.25) is 0 Å². The second-order valence-corrected chi connectivity index (χ2v) is 4.83. The molecule has 0 unspecified atom stereocenters. The van der Waals surface area contributed by atoms with Crippen molar-refractivity contribution in [2.75, 3.05) is 11.5 Å². The summed E-state index contributed by atoms with van der Waals surface area (Å²) >= 11 is 0. The number of benzene rings is 1. The summed E-state index contributed by atoms with van der Waals surface area (Å²) < 4.78 is 42.4. The van der Waals surface area contributed by atoms with Gasteiger partial charge in [-0.15, -0.1) is 0 Å². The molecule has 3 aromatic rings. The number of pyridine rings is 2. The molecule has 0 saturated carbocycles. The van der Waals surface area contributed by atoms with Crippen molar-refractivity contribution in [3.05, 3.63) is 72.7 Å². The first-order valence-corrected chi connectivity index (χ1v) is 7.08. The van der Waals surface area contributed by atoms with Crippen LogP contribution in [0.5, 0.6) is 11.6 Å². The van der Waals surface area contributed by atoms with Crippen molar-refractivity contribution < 1.29 is 17.9 Å². The summed E-state index contributed by atoms with van der Waals surface area (Å²) in [6.45, 7) is 0. The first-order valence-electron chi connectivity index (χ1n) is 7.08. The first kappa shape index (κ1) is 18.1. The van der Waals surface area contributed by atoms with Crippen LogP contribution < -0.4 is 16.2 Å². The third-order valence-corrected chi connectivity index (χ3v) is 2.76. The molecule has 0 saturated heterocycles. The molecule has 4 N–H and O–H groups in total. The maximum Gasteiger partial charge on any atom is 0.433 e. The van der Waals surface area contributed by atoms with E-state index in [9.17, 15) is 13.2 Å². The number of nitrogens with two attached hydrogens (primary N) is 2. The van der Waals surface area contributed by atoms with Gasteiger partial charge < -0.3 is 16.2 Å². The van der Waals surface area contributed by atoms with Crippen LogP contribution >= 0.6 is 0 Å². The minimum Gasteiger partial charge on any atom is -0.439 e. The number of para-hydroxylation sites is 1. The van der Waals surface area contributed by atoms with Crippen LogP contribution in [-0.4, -0.2) is 9.97 Å². The number of hydrogen-bond acceptors (Lipinski definition) is 5. The van der Waals surface area contributed by atoms with E-state index in [1.807, 2.05) is 0 Å². The standard InChI is InChI=1S/C12H8F3NO.C5H7N3/c13-12(14,15)10-7-4-8-11(16-10)17-9-5-2-1-3-6-9;6-4-1-5(7)3-8-2-4/h1-8H;1-3H,6-7H2. The molecule has 2 aromatic heterocycles. The van der Waals surface area contributed by atoms with E-state index in [2.05, 4.69) is 9.97 Å². The quantitative estimate of drug-likeness (QED) is 0.727. The average Bonchev–Trinajstić information content (AvgIpc) is 2.56. The molecule has 2 heterocycles. The van der Waals surface area contributed by atoms with Gasteiger partial charge in [-0.2, -0.15) is 13.2 Å². The Labute approximate surface area is 142 Å². The Kier molecular flexibility index (Phi) is 5.78. The third-order valence-electron chi connectivity index (χ3n) is 2.76. The Morgan fingerprint density at radius 1 is 0.840 bits per heavy atom. The number of anilines is 2. The van der Waals surface area contributed by atoms with Crippen LogP contribution in [0.25, 0.3) is 0 Å². The lowest BCUT2D eigenvalue weighted by molar-refractivity contribution is -0.141. The largest absolute Gasteiger partial charge is 0.439 e. The lowest BCUT2D eigenvalue weighted by Crippen LogP contribution is -2.07. The van der Waals surface area contributed by atoms with Crippen molar-refractivity contribution in [1.82, 2.24) is 9.97 Å². The molecule has 8 heteroatoms. The van der Waals surface area contributed by atoms with E-state index >= 15 is 0 Å². The fourth-order valence-corrected chi connectivity index (χ4v) is 1.72. The Bertz CT molecular complexity index is 793. The molecule has 5 nitrogen and oxygen atoms in total. The zero-order valence-electron chi connectivity index (χ0n) is 12.9. The van der Waals surface area contributed by atoms with Crippen LogP contribution in [0.3, 0.4) is 0 Å². The number of rotatable bonds is 2. The summed E-state index contributed by atoms with van der Waals surface area (Å²) in [5.74, 6) is 0.366. The fraction of sp³-hybridized carbons (Fsp3) is 0.0588. The van der Waals surface area contributed by atoms with Gasteiger partial charge >= 0.3 is 6.18 Å². The number of alkyl halides is 3. The highest BCUT2D eigenvalue weighted by Crippen LogP contribution is 2.29. The van der Waals surface area contributed by atoms with Crippen molar-refractivity contribution >= 4 is 11.4 Å². The van der Waals surface area contributed by atoms with E-state index in [4.69, 9.17) is 16.2 Å². The van der Waals surface area contributed by atoms with Crippen molar-refractivity contribution in [1.29, 1.82) is 0 Å². The van der Waals surface area contributed by atoms with E-state index in [1.165, 1.54) is 12.1 Å². The zero-order chi connectivity index (χ0) is 18.3. The second-order valence-electron chi connectivity index (χ2n) is 4.83. The van der Waals surface area contributed by atoms with E-state index in [-0.39, 0.29) is 5.88 Å². The van der Waals surface area contributed by atoms with Crippen LogP contribution in [0.15, 0.2) is 67.0 Å². The average molecular weight is 348 g/mol. The van der Waals surface area contributed by atoms with E-state index in [1.54, 1.807) is 48.8 Å². The predicted octanol–water partition coefficient (Wildman–Crippen LogP) is 4.14. The van der Waals surface area contributed by atoms with Gasteiger partial charge in [0.1, 0.15) is 11.4 Å². The lowest BCUT2D eigenvalue weighted by atomic mass is 10.3. The van der Waals surface area contributed by atoms with Crippen LogP contribution in [0, 0.1) is 0 Å². The Hall–Kier alpha value is -3.29. The van der Waals surface area contributed by atoms with Crippen molar-refractivity contribution in [2.45, 2.75) is 6.18 Å². The van der Waals surface area contributed by atoms with Gasteiger partial charge in [0, 0.05) is 18.5 Å². The maximum absolute atomic E-state index is 12.4.